The van der Waals surface area contributed by atoms with Crippen LogP contribution in [0.1, 0.15) is 23.6 Å². The molecular weight excluding hydrogens is 422 g/mol. The summed E-state index contributed by atoms with van der Waals surface area (Å²) in [5, 5.41) is 18.1. The van der Waals surface area contributed by atoms with Gasteiger partial charge in [-0.15, -0.1) is 0 Å². The average molecular weight is 441 g/mol. The summed E-state index contributed by atoms with van der Waals surface area (Å²) in [6.07, 6.45) is 0.697. The number of rotatable bonds is 3. The number of hydrogen-bond acceptors (Lipinski definition) is 7. The van der Waals surface area contributed by atoms with Crippen LogP contribution in [-0.4, -0.2) is 33.4 Å². The molecule has 0 aliphatic carbocycles. The van der Waals surface area contributed by atoms with Gasteiger partial charge in [-0.3, -0.25) is 10.1 Å². The van der Waals surface area contributed by atoms with Gasteiger partial charge in [0, 0.05) is 23.3 Å². The Bertz CT molecular complexity index is 1390. The molecule has 4 aromatic rings. The van der Waals surface area contributed by atoms with Gasteiger partial charge in [0.05, 0.1) is 27.7 Å². The first kappa shape index (κ1) is 19.3. The Morgan fingerprint density at radius 1 is 1.09 bits per heavy atom. The number of fused-ring (bicyclic) bond motifs is 3. The predicted molar refractivity (Wildman–Crippen MR) is 123 cm³/mol. The topological polar surface area (TPSA) is 106 Å². The average Bonchev–Trinajstić information content (AvgIpc) is 3.42. The number of imidazole rings is 1. The molecule has 0 amide bonds. The molecule has 0 spiro atoms. The van der Waals surface area contributed by atoms with E-state index >= 15 is 0 Å². The Morgan fingerprint density at radius 3 is 2.61 bits per heavy atom. The van der Waals surface area contributed by atoms with Crippen LogP contribution in [0.15, 0.2) is 65.8 Å². The van der Waals surface area contributed by atoms with E-state index in [9.17, 15) is 10.1 Å². The number of nitro benzene ring substituents is 1. The molecule has 0 radical (unpaired) electrons. The maximum Gasteiger partial charge on any atom is 0.269 e. The SMILES string of the molecule is C[C@@H]1Cc2cc3c(cc2C(c2ccc([N+](=O)[O-])cc2)=NN1c1nc2ccccc2[nH]1)OCO3. The van der Waals surface area contributed by atoms with E-state index in [4.69, 9.17) is 19.6 Å². The molecule has 0 bridgehead atoms. The standard InChI is InChI=1S/C24H19N5O4/c1-14-10-16-11-21-22(33-13-32-21)12-18(16)23(15-6-8-17(9-7-15)29(30)31)27-28(14)24-25-19-4-2-3-5-20(19)26-24/h2-9,11-12,14H,10,13H2,1H3,(H,25,26)/t14-/m1/s1. The second-order valence-electron chi connectivity index (χ2n) is 8.09. The van der Waals surface area contributed by atoms with E-state index in [0.717, 1.165) is 27.7 Å². The van der Waals surface area contributed by atoms with Gasteiger partial charge in [0.2, 0.25) is 12.7 Å². The van der Waals surface area contributed by atoms with E-state index in [1.807, 2.05) is 41.4 Å². The second kappa shape index (κ2) is 7.33. The number of H-pyrrole nitrogens is 1. The highest BCUT2D eigenvalue weighted by molar-refractivity contribution is 6.14. The van der Waals surface area contributed by atoms with Crippen LogP contribution in [0.4, 0.5) is 11.6 Å². The van der Waals surface area contributed by atoms with Crippen molar-refractivity contribution < 1.29 is 14.4 Å². The third kappa shape index (κ3) is 3.25. The Balaban J connectivity index is 1.53. The van der Waals surface area contributed by atoms with Gasteiger partial charge >= 0.3 is 0 Å². The number of non-ortho nitro benzene ring substituents is 1. The Labute approximate surface area is 188 Å². The van der Waals surface area contributed by atoms with Crippen molar-refractivity contribution in [3.8, 4) is 11.5 Å². The van der Waals surface area contributed by atoms with Crippen LogP contribution in [0.5, 0.6) is 11.5 Å². The molecule has 164 valence electrons. The first-order chi connectivity index (χ1) is 16.1. The van der Waals surface area contributed by atoms with Crippen LogP contribution in [0, 0.1) is 10.1 Å². The molecule has 1 aromatic heterocycles. The Kier molecular flexibility index (Phi) is 4.29. The van der Waals surface area contributed by atoms with Crippen molar-refractivity contribution in [2.75, 3.05) is 11.8 Å². The number of nitro groups is 1. The largest absolute Gasteiger partial charge is 0.454 e. The minimum absolute atomic E-state index is 0.0137. The van der Waals surface area contributed by atoms with Crippen molar-refractivity contribution >= 4 is 28.4 Å². The van der Waals surface area contributed by atoms with Gasteiger partial charge in [-0.25, -0.2) is 9.99 Å². The minimum atomic E-state index is -0.409. The van der Waals surface area contributed by atoms with Crippen molar-refractivity contribution in [3.05, 3.63) is 87.5 Å². The van der Waals surface area contributed by atoms with Crippen LogP contribution in [-0.2, 0) is 6.42 Å². The summed E-state index contributed by atoms with van der Waals surface area (Å²) < 4.78 is 11.2. The monoisotopic (exact) mass is 441 g/mol. The summed E-state index contributed by atoms with van der Waals surface area (Å²) in [4.78, 5) is 18.9. The number of aromatic nitrogens is 2. The number of anilines is 1. The number of nitrogens with one attached hydrogen (secondary N) is 1. The number of hydrogen-bond donors (Lipinski definition) is 1. The molecule has 9 heteroatoms. The van der Waals surface area contributed by atoms with Gasteiger partial charge in [-0.05, 0) is 55.3 Å². The maximum atomic E-state index is 11.2. The maximum absolute atomic E-state index is 11.2. The fraction of sp³-hybridized carbons (Fsp3) is 0.167. The van der Waals surface area contributed by atoms with E-state index < -0.39 is 4.92 Å². The lowest BCUT2D eigenvalue weighted by Crippen LogP contribution is -2.30. The molecule has 6 rings (SSSR count). The molecule has 2 aliphatic heterocycles. The summed E-state index contributed by atoms with van der Waals surface area (Å²) in [5.41, 5.74) is 5.21. The zero-order valence-electron chi connectivity index (χ0n) is 17.7. The fourth-order valence-corrected chi connectivity index (χ4v) is 4.30. The second-order valence-corrected chi connectivity index (χ2v) is 8.09. The quantitative estimate of drug-likeness (QED) is 0.373. The highest BCUT2D eigenvalue weighted by atomic mass is 16.7. The van der Waals surface area contributed by atoms with Gasteiger partial charge in [-0.2, -0.15) is 5.10 Å². The smallest absolute Gasteiger partial charge is 0.269 e. The Hall–Kier alpha value is -4.40. The molecule has 0 saturated heterocycles. The minimum Gasteiger partial charge on any atom is -0.454 e. The highest BCUT2D eigenvalue weighted by Crippen LogP contribution is 2.38. The van der Waals surface area contributed by atoms with Crippen LogP contribution < -0.4 is 14.5 Å². The molecule has 33 heavy (non-hydrogen) atoms. The Morgan fingerprint density at radius 2 is 1.85 bits per heavy atom. The molecular formula is C24H19N5O4. The molecule has 0 unspecified atom stereocenters. The molecule has 1 N–H and O–H groups in total. The third-order valence-electron chi connectivity index (χ3n) is 5.94. The highest BCUT2D eigenvalue weighted by Gasteiger charge is 2.29. The van der Waals surface area contributed by atoms with Gasteiger partial charge in [0.25, 0.3) is 5.69 Å². The molecule has 3 heterocycles. The zero-order chi connectivity index (χ0) is 22.5. The normalized spacial score (nSPS) is 16.9. The molecule has 0 saturated carbocycles. The van der Waals surface area contributed by atoms with Crippen LogP contribution in [0.3, 0.4) is 0 Å². The number of ether oxygens (including phenoxy) is 2. The zero-order valence-corrected chi connectivity index (χ0v) is 17.7. The summed E-state index contributed by atoms with van der Waals surface area (Å²) in [5.74, 6) is 2.00. The van der Waals surface area contributed by atoms with Gasteiger partial charge < -0.3 is 14.5 Å². The van der Waals surface area contributed by atoms with Gasteiger partial charge in [0.15, 0.2) is 11.5 Å². The lowest BCUT2D eigenvalue weighted by Gasteiger charge is -2.22. The molecule has 0 fully saturated rings. The lowest BCUT2D eigenvalue weighted by atomic mass is 9.94. The van der Waals surface area contributed by atoms with E-state index in [2.05, 4.69) is 11.9 Å². The van der Waals surface area contributed by atoms with E-state index in [-0.39, 0.29) is 18.5 Å². The van der Waals surface area contributed by atoms with Crippen LogP contribution in [0.2, 0.25) is 0 Å². The van der Waals surface area contributed by atoms with E-state index in [0.29, 0.717) is 29.6 Å². The third-order valence-corrected chi connectivity index (χ3v) is 5.94. The van der Waals surface area contributed by atoms with Crippen molar-refractivity contribution in [3.63, 3.8) is 0 Å². The van der Waals surface area contributed by atoms with Crippen molar-refractivity contribution in [1.82, 2.24) is 9.97 Å². The summed E-state index contributed by atoms with van der Waals surface area (Å²) in [7, 11) is 0. The predicted octanol–water partition coefficient (Wildman–Crippen LogP) is 4.40. The number of para-hydroxylation sites is 2. The van der Waals surface area contributed by atoms with Gasteiger partial charge in [-0.1, -0.05) is 12.1 Å². The van der Waals surface area contributed by atoms with Crippen LogP contribution in [0.25, 0.3) is 11.0 Å². The number of nitrogens with zero attached hydrogens (tertiary/aromatic N) is 4. The molecule has 1 atom stereocenters. The number of aromatic amines is 1. The summed E-state index contributed by atoms with van der Waals surface area (Å²) in [6, 6.07) is 18.2. The summed E-state index contributed by atoms with van der Waals surface area (Å²) >= 11 is 0. The van der Waals surface area contributed by atoms with Crippen molar-refractivity contribution in [2.45, 2.75) is 19.4 Å². The first-order valence-electron chi connectivity index (χ1n) is 10.6. The van der Waals surface area contributed by atoms with E-state index in [1.165, 1.54) is 12.1 Å². The number of benzene rings is 3. The van der Waals surface area contributed by atoms with Gasteiger partial charge in [0.1, 0.15) is 0 Å². The first-order valence-corrected chi connectivity index (χ1v) is 10.6. The fourth-order valence-electron chi connectivity index (χ4n) is 4.30. The van der Waals surface area contributed by atoms with Crippen molar-refractivity contribution in [2.24, 2.45) is 5.10 Å². The van der Waals surface area contributed by atoms with Crippen LogP contribution >= 0.6 is 0 Å². The summed E-state index contributed by atoms with van der Waals surface area (Å²) in [6.45, 7) is 2.27. The molecule has 2 aliphatic rings. The van der Waals surface area contributed by atoms with E-state index in [1.54, 1.807) is 12.1 Å². The molecule has 9 nitrogen and oxygen atoms in total. The van der Waals surface area contributed by atoms with Crippen molar-refractivity contribution in [1.29, 1.82) is 0 Å². The number of hydrazone groups is 1. The molecule has 3 aromatic carbocycles. The lowest BCUT2D eigenvalue weighted by molar-refractivity contribution is -0.384.